The number of amides is 1. The molecule has 0 fully saturated rings. The van der Waals surface area contributed by atoms with Gasteiger partial charge in [-0.1, -0.05) is 63.2 Å². The van der Waals surface area contributed by atoms with Gasteiger partial charge in [-0.15, -0.1) is 16.9 Å². The summed E-state index contributed by atoms with van der Waals surface area (Å²) in [5.41, 5.74) is 12.5. The van der Waals surface area contributed by atoms with Gasteiger partial charge in [-0.05, 0) is 41.0 Å². The third-order valence-corrected chi connectivity index (χ3v) is 6.08. The van der Waals surface area contributed by atoms with Crippen LogP contribution in [0.5, 0.6) is 5.75 Å². The minimum absolute atomic E-state index is 0.0290. The molecular weight excluding hydrogens is 446 g/mol. The summed E-state index contributed by atoms with van der Waals surface area (Å²) in [6.45, 7) is 6.42. The Morgan fingerprint density at radius 2 is 1.76 bits per heavy atom. The average Bonchev–Trinajstić information content (AvgIpc) is 2.80. The lowest BCUT2D eigenvalue weighted by atomic mass is 9.98. The molecule has 0 aliphatic heterocycles. The van der Waals surface area contributed by atoms with Crippen LogP contribution < -0.4 is 27.2 Å². The Morgan fingerprint density at radius 1 is 1.06 bits per heavy atom. The van der Waals surface area contributed by atoms with Gasteiger partial charge in [0.05, 0.1) is 19.2 Å². The number of hydrogen-bond donors (Lipinski definition) is 4. The van der Waals surface area contributed by atoms with E-state index < -0.39 is 0 Å². The molecule has 3 aromatic rings. The summed E-state index contributed by atoms with van der Waals surface area (Å²) in [5, 5.41) is 7.03. The van der Waals surface area contributed by atoms with E-state index in [9.17, 15) is 4.79 Å². The molecule has 0 aliphatic carbocycles. The van der Waals surface area contributed by atoms with Crippen LogP contribution in [0, 0.1) is 0 Å². The van der Waals surface area contributed by atoms with Crippen molar-refractivity contribution in [1.29, 1.82) is 0 Å². The van der Waals surface area contributed by atoms with Crippen molar-refractivity contribution < 1.29 is 9.53 Å². The zero-order chi connectivity index (χ0) is 24.7. The minimum atomic E-state index is -0.0974. The molecule has 3 rings (SSSR count). The predicted octanol–water partition coefficient (Wildman–Crippen LogP) is 4.52. The number of nitrogens with zero attached hydrogens (tertiary/aromatic N) is 1. The minimum Gasteiger partial charge on any atom is -0.497 e. The Balaban J connectivity index is 1.95. The first-order valence-electron chi connectivity index (χ1n) is 10.8. The Morgan fingerprint density at radius 3 is 2.41 bits per heavy atom. The maximum Gasteiger partial charge on any atom is 0.228 e. The summed E-state index contributed by atoms with van der Waals surface area (Å²) in [6.07, 6.45) is 0.256. The van der Waals surface area contributed by atoms with Crippen LogP contribution in [0.1, 0.15) is 31.9 Å². The standard InChI is InChI=1S/C26H31N5O2S/c1-26(2,3)34-23-14-11-18(20-7-5-6-8-21(20)25(27)30-31-28)16-22(23)29-24(32)15-17-9-12-19(33-4)13-10-17/h5-14,16,31H,15,28H2,1-4H3,(H2,27,30)(H,29,32). The molecule has 0 atom stereocenters. The normalized spacial score (nSPS) is 11.7. The van der Waals surface area contributed by atoms with E-state index in [-0.39, 0.29) is 22.9 Å². The van der Waals surface area contributed by atoms with E-state index in [0.717, 1.165) is 38.6 Å². The van der Waals surface area contributed by atoms with Crippen molar-refractivity contribution in [3.05, 3.63) is 77.9 Å². The van der Waals surface area contributed by atoms with Crippen LogP contribution in [-0.2, 0) is 11.2 Å². The summed E-state index contributed by atoms with van der Waals surface area (Å²) >= 11 is 1.70. The number of hydrogen-bond acceptors (Lipinski definition) is 6. The lowest BCUT2D eigenvalue weighted by Gasteiger charge is -2.21. The molecule has 0 heterocycles. The second-order valence-corrected chi connectivity index (χ2v) is 10.5. The fourth-order valence-corrected chi connectivity index (χ4v) is 4.44. The van der Waals surface area contributed by atoms with Gasteiger partial charge in [0.15, 0.2) is 5.84 Å². The van der Waals surface area contributed by atoms with Crippen molar-refractivity contribution in [3.63, 3.8) is 0 Å². The number of hydrazone groups is 1. The number of anilines is 1. The SMILES string of the molecule is COc1ccc(CC(=O)Nc2cc(-c3ccccc3/C(N)=N/NN)ccc2SC(C)(C)C)cc1. The highest BCUT2D eigenvalue weighted by Gasteiger charge is 2.18. The number of rotatable bonds is 8. The van der Waals surface area contributed by atoms with Crippen LogP contribution in [0.4, 0.5) is 5.69 Å². The number of amidine groups is 1. The van der Waals surface area contributed by atoms with Crippen LogP contribution in [0.2, 0.25) is 0 Å². The van der Waals surface area contributed by atoms with E-state index in [4.69, 9.17) is 16.3 Å². The second kappa shape index (κ2) is 11.1. The monoisotopic (exact) mass is 477 g/mol. The van der Waals surface area contributed by atoms with Crippen molar-refractivity contribution in [2.45, 2.75) is 36.8 Å². The summed E-state index contributed by atoms with van der Waals surface area (Å²) < 4.78 is 5.17. The fraction of sp³-hybridized carbons (Fsp3) is 0.231. The summed E-state index contributed by atoms with van der Waals surface area (Å²) in [7, 11) is 1.62. The molecule has 7 nitrogen and oxygen atoms in total. The molecule has 178 valence electrons. The molecule has 3 aromatic carbocycles. The second-order valence-electron chi connectivity index (χ2n) is 8.67. The Kier molecular flexibility index (Phi) is 8.20. The number of benzene rings is 3. The number of nitrogens with two attached hydrogens (primary N) is 2. The Labute approximate surface area is 204 Å². The van der Waals surface area contributed by atoms with Crippen LogP contribution in [-0.4, -0.2) is 23.6 Å². The van der Waals surface area contributed by atoms with Crippen molar-refractivity contribution in [2.75, 3.05) is 12.4 Å². The average molecular weight is 478 g/mol. The third-order valence-electron chi connectivity index (χ3n) is 4.89. The highest BCUT2D eigenvalue weighted by atomic mass is 32.2. The maximum atomic E-state index is 12.9. The molecule has 6 N–H and O–H groups in total. The van der Waals surface area contributed by atoms with Crippen molar-refractivity contribution in [2.24, 2.45) is 16.7 Å². The first kappa shape index (κ1) is 25.1. The van der Waals surface area contributed by atoms with Crippen LogP contribution in [0.3, 0.4) is 0 Å². The maximum absolute atomic E-state index is 12.9. The molecule has 0 unspecified atom stereocenters. The largest absolute Gasteiger partial charge is 0.497 e. The first-order valence-corrected chi connectivity index (χ1v) is 11.7. The van der Waals surface area contributed by atoms with Gasteiger partial charge in [0, 0.05) is 15.2 Å². The smallest absolute Gasteiger partial charge is 0.228 e. The summed E-state index contributed by atoms with van der Waals surface area (Å²) in [5.74, 6) is 6.25. The number of hydrazine groups is 1. The molecule has 0 radical (unpaired) electrons. The first-order chi connectivity index (χ1) is 16.2. The van der Waals surface area contributed by atoms with Gasteiger partial charge in [0.25, 0.3) is 0 Å². The van der Waals surface area contributed by atoms with E-state index in [0.29, 0.717) is 0 Å². The van der Waals surface area contributed by atoms with Gasteiger partial charge in [0.2, 0.25) is 5.91 Å². The predicted molar refractivity (Wildman–Crippen MR) is 141 cm³/mol. The Bertz CT molecular complexity index is 1170. The van der Waals surface area contributed by atoms with Gasteiger partial charge in [-0.2, -0.15) is 0 Å². The number of ether oxygens (including phenoxy) is 1. The molecule has 0 aliphatic rings. The molecular formula is C26H31N5O2S. The molecule has 1 amide bonds. The summed E-state index contributed by atoms with van der Waals surface area (Å²) in [6, 6.07) is 21.2. The molecule has 0 saturated carbocycles. The zero-order valence-corrected chi connectivity index (χ0v) is 20.7. The highest BCUT2D eigenvalue weighted by molar-refractivity contribution is 8.00. The van der Waals surface area contributed by atoms with E-state index in [1.807, 2.05) is 66.7 Å². The van der Waals surface area contributed by atoms with Crippen LogP contribution >= 0.6 is 11.8 Å². The molecule has 0 aromatic heterocycles. The van der Waals surface area contributed by atoms with Gasteiger partial charge in [0.1, 0.15) is 5.75 Å². The number of methoxy groups -OCH3 is 1. The van der Waals surface area contributed by atoms with Crippen molar-refractivity contribution >= 4 is 29.2 Å². The molecule has 34 heavy (non-hydrogen) atoms. The van der Waals surface area contributed by atoms with Gasteiger partial charge in [-0.3, -0.25) is 4.79 Å². The Hall–Kier alpha value is -3.49. The third kappa shape index (κ3) is 6.76. The van der Waals surface area contributed by atoms with E-state index in [2.05, 4.69) is 36.7 Å². The number of nitrogens with one attached hydrogen (secondary N) is 2. The zero-order valence-electron chi connectivity index (χ0n) is 19.9. The fourth-order valence-electron chi connectivity index (χ4n) is 3.43. The number of carbonyl (C=O) groups is 1. The van der Waals surface area contributed by atoms with E-state index >= 15 is 0 Å². The van der Waals surface area contributed by atoms with Crippen molar-refractivity contribution in [1.82, 2.24) is 5.53 Å². The number of thioether (sulfide) groups is 1. The molecule has 0 spiro atoms. The lowest BCUT2D eigenvalue weighted by Crippen LogP contribution is -2.23. The number of carbonyl (C=O) groups excluding carboxylic acids is 1. The lowest BCUT2D eigenvalue weighted by molar-refractivity contribution is -0.115. The highest BCUT2D eigenvalue weighted by Crippen LogP contribution is 2.39. The van der Waals surface area contributed by atoms with Gasteiger partial charge < -0.3 is 15.8 Å². The van der Waals surface area contributed by atoms with Crippen LogP contribution in [0.25, 0.3) is 11.1 Å². The van der Waals surface area contributed by atoms with Crippen LogP contribution in [0.15, 0.2) is 76.7 Å². The summed E-state index contributed by atoms with van der Waals surface area (Å²) in [4.78, 5) is 13.9. The van der Waals surface area contributed by atoms with Gasteiger partial charge >= 0.3 is 0 Å². The van der Waals surface area contributed by atoms with Gasteiger partial charge in [-0.25, -0.2) is 11.4 Å². The molecule has 8 heteroatoms. The van der Waals surface area contributed by atoms with E-state index in [1.165, 1.54) is 0 Å². The van der Waals surface area contributed by atoms with Crippen molar-refractivity contribution in [3.8, 4) is 16.9 Å². The van der Waals surface area contributed by atoms with E-state index in [1.54, 1.807) is 18.9 Å². The quantitative estimate of drug-likeness (QED) is 0.125. The molecule has 0 saturated heterocycles. The topological polar surface area (TPSA) is 115 Å². The molecule has 0 bridgehead atoms.